The molecule has 5 nitrogen and oxygen atoms in total. The molecule has 2 saturated heterocycles. The fourth-order valence-electron chi connectivity index (χ4n) is 4.23. The fraction of sp³-hybridized carbons (Fsp3) is 0.667. The van der Waals surface area contributed by atoms with Crippen LogP contribution in [-0.4, -0.2) is 56.1 Å². The van der Waals surface area contributed by atoms with Crippen LogP contribution < -0.4 is 9.47 Å². The second-order valence-corrected chi connectivity index (χ2v) is 7.76. The Bertz CT molecular complexity index is 611. The van der Waals surface area contributed by atoms with E-state index in [2.05, 4.69) is 16.7 Å². The minimum Gasteiger partial charge on any atom is -0.497 e. The van der Waals surface area contributed by atoms with E-state index < -0.39 is 0 Å². The van der Waals surface area contributed by atoms with Crippen LogP contribution >= 0.6 is 0 Å². The smallest absolute Gasteiger partial charge is 0.225 e. The summed E-state index contributed by atoms with van der Waals surface area (Å²) in [4.78, 5) is 17.3. The van der Waals surface area contributed by atoms with Crippen molar-refractivity contribution in [3.05, 3.63) is 23.8 Å². The van der Waals surface area contributed by atoms with Crippen LogP contribution in [0.1, 0.15) is 38.2 Å². The minimum atomic E-state index is 0.198. The first-order chi connectivity index (χ1) is 12.6. The summed E-state index contributed by atoms with van der Waals surface area (Å²) in [6.45, 7) is 6.90. The fourth-order valence-corrected chi connectivity index (χ4v) is 4.23. The Morgan fingerprint density at radius 2 is 1.88 bits per heavy atom. The number of amides is 1. The van der Waals surface area contributed by atoms with E-state index in [0.717, 1.165) is 69.0 Å². The zero-order chi connectivity index (χ0) is 18.5. The molecule has 1 amide bonds. The monoisotopic (exact) mass is 360 g/mol. The summed E-state index contributed by atoms with van der Waals surface area (Å²) in [5.74, 6) is 2.98. The number of ether oxygens (including phenoxy) is 2. The average Bonchev–Trinajstić information content (AvgIpc) is 2.68. The molecular weight excluding hydrogens is 328 g/mol. The first-order valence-electron chi connectivity index (χ1n) is 9.82. The minimum absolute atomic E-state index is 0.198. The molecule has 2 fully saturated rings. The summed E-state index contributed by atoms with van der Waals surface area (Å²) in [6.07, 6.45) is 4.32. The molecule has 3 rings (SSSR count). The Kier molecular flexibility index (Phi) is 6.41. The number of rotatable bonds is 5. The normalized spacial score (nSPS) is 22.3. The number of likely N-dealkylation sites (tertiary alicyclic amines) is 2. The summed E-state index contributed by atoms with van der Waals surface area (Å²) >= 11 is 0. The van der Waals surface area contributed by atoms with Crippen LogP contribution in [0.2, 0.25) is 0 Å². The highest BCUT2D eigenvalue weighted by Gasteiger charge is 2.30. The number of carbonyl (C=O) groups is 1. The van der Waals surface area contributed by atoms with E-state index in [0.29, 0.717) is 11.8 Å². The number of piperidine rings is 2. The molecule has 0 radical (unpaired) electrons. The predicted octanol–water partition coefficient (Wildman–Crippen LogP) is 3.17. The molecule has 2 aliphatic heterocycles. The summed E-state index contributed by atoms with van der Waals surface area (Å²) in [5.41, 5.74) is 1.14. The van der Waals surface area contributed by atoms with Gasteiger partial charge in [-0.25, -0.2) is 0 Å². The number of nitrogens with zero attached hydrogens (tertiary/aromatic N) is 2. The Labute approximate surface area is 157 Å². The topological polar surface area (TPSA) is 42.0 Å². The van der Waals surface area contributed by atoms with Crippen molar-refractivity contribution in [2.45, 2.75) is 39.2 Å². The Hall–Kier alpha value is -1.75. The second-order valence-electron chi connectivity index (χ2n) is 7.76. The molecule has 1 unspecified atom stereocenters. The van der Waals surface area contributed by atoms with Gasteiger partial charge in [0.25, 0.3) is 0 Å². The van der Waals surface area contributed by atoms with Crippen molar-refractivity contribution in [3.8, 4) is 11.5 Å². The van der Waals surface area contributed by atoms with Gasteiger partial charge < -0.3 is 14.4 Å². The van der Waals surface area contributed by atoms with E-state index in [1.165, 1.54) is 6.42 Å². The third-order valence-corrected chi connectivity index (χ3v) is 5.79. The van der Waals surface area contributed by atoms with Crippen molar-refractivity contribution in [2.24, 2.45) is 11.8 Å². The molecule has 1 aromatic carbocycles. The van der Waals surface area contributed by atoms with Crippen molar-refractivity contribution >= 4 is 5.91 Å². The van der Waals surface area contributed by atoms with Gasteiger partial charge in [0.15, 0.2) is 0 Å². The highest BCUT2D eigenvalue weighted by molar-refractivity contribution is 5.79. The summed E-state index contributed by atoms with van der Waals surface area (Å²) in [5, 5.41) is 0. The van der Waals surface area contributed by atoms with Crippen LogP contribution in [0.25, 0.3) is 0 Å². The Morgan fingerprint density at radius 1 is 1.12 bits per heavy atom. The zero-order valence-corrected chi connectivity index (χ0v) is 16.4. The first kappa shape index (κ1) is 19.0. The van der Waals surface area contributed by atoms with Gasteiger partial charge in [-0.3, -0.25) is 9.69 Å². The number of benzene rings is 1. The van der Waals surface area contributed by atoms with Gasteiger partial charge in [0.05, 0.1) is 14.2 Å². The lowest BCUT2D eigenvalue weighted by atomic mass is 9.92. The van der Waals surface area contributed by atoms with Crippen LogP contribution in [0, 0.1) is 11.8 Å². The molecule has 5 heteroatoms. The van der Waals surface area contributed by atoms with E-state index in [-0.39, 0.29) is 5.92 Å². The second kappa shape index (κ2) is 8.76. The predicted molar refractivity (Wildman–Crippen MR) is 103 cm³/mol. The maximum absolute atomic E-state index is 12.8. The van der Waals surface area contributed by atoms with Crippen molar-refractivity contribution in [2.75, 3.05) is 40.4 Å². The quantitative estimate of drug-likeness (QED) is 0.809. The lowest BCUT2D eigenvalue weighted by molar-refractivity contribution is -0.138. The lowest BCUT2D eigenvalue weighted by Gasteiger charge is -2.37. The molecule has 0 spiro atoms. The molecule has 2 heterocycles. The first-order valence-corrected chi connectivity index (χ1v) is 9.82. The van der Waals surface area contributed by atoms with E-state index >= 15 is 0 Å². The average molecular weight is 360 g/mol. The Balaban J connectivity index is 1.55. The highest BCUT2D eigenvalue weighted by atomic mass is 16.5. The van der Waals surface area contributed by atoms with Gasteiger partial charge in [0.2, 0.25) is 5.91 Å². The van der Waals surface area contributed by atoms with Crippen molar-refractivity contribution < 1.29 is 14.3 Å². The molecule has 0 aliphatic carbocycles. The summed E-state index contributed by atoms with van der Waals surface area (Å²) in [6, 6.07) is 5.93. The van der Waals surface area contributed by atoms with Crippen molar-refractivity contribution in [3.63, 3.8) is 0 Å². The SMILES string of the molecule is COc1ccc(OC)c(CN2CCC(C(=O)N3CCCC(C)C3)CC2)c1. The van der Waals surface area contributed by atoms with Gasteiger partial charge in [0, 0.05) is 31.1 Å². The van der Waals surface area contributed by atoms with E-state index in [4.69, 9.17) is 9.47 Å². The van der Waals surface area contributed by atoms with E-state index in [1.54, 1.807) is 14.2 Å². The zero-order valence-electron chi connectivity index (χ0n) is 16.4. The van der Waals surface area contributed by atoms with Gasteiger partial charge in [0.1, 0.15) is 11.5 Å². The highest BCUT2D eigenvalue weighted by Crippen LogP contribution is 2.28. The standard InChI is InChI=1S/C21H32N2O3/c1-16-5-4-10-23(14-16)21(24)17-8-11-22(12-9-17)15-18-13-19(25-2)6-7-20(18)26-3/h6-7,13,16-17H,4-5,8-12,14-15H2,1-3H3. The summed E-state index contributed by atoms with van der Waals surface area (Å²) < 4.78 is 10.8. The maximum atomic E-state index is 12.8. The van der Waals surface area contributed by atoms with Crippen molar-refractivity contribution in [1.29, 1.82) is 0 Å². The number of methoxy groups -OCH3 is 2. The maximum Gasteiger partial charge on any atom is 0.225 e. The van der Waals surface area contributed by atoms with Crippen LogP contribution in [0.15, 0.2) is 18.2 Å². The number of hydrogen-bond donors (Lipinski definition) is 0. The van der Waals surface area contributed by atoms with Gasteiger partial charge in [-0.05, 0) is 62.9 Å². The van der Waals surface area contributed by atoms with Crippen LogP contribution in [0.4, 0.5) is 0 Å². The van der Waals surface area contributed by atoms with Crippen LogP contribution in [0.3, 0.4) is 0 Å². The molecule has 0 bridgehead atoms. The van der Waals surface area contributed by atoms with Gasteiger partial charge >= 0.3 is 0 Å². The van der Waals surface area contributed by atoms with Gasteiger partial charge in [-0.2, -0.15) is 0 Å². The third-order valence-electron chi connectivity index (χ3n) is 5.79. The number of hydrogen-bond acceptors (Lipinski definition) is 4. The van der Waals surface area contributed by atoms with Gasteiger partial charge in [-0.1, -0.05) is 6.92 Å². The number of carbonyl (C=O) groups excluding carboxylic acids is 1. The molecular formula is C21H32N2O3. The molecule has 0 aromatic heterocycles. The molecule has 2 aliphatic rings. The van der Waals surface area contributed by atoms with E-state index in [9.17, 15) is 4.79 Å². The van der Waals surface area contributed by atoms with E-state index in [1.807, 2.05) is 18.2 Å². The molecule has 26 heavy (non-hydrogen) atoms. The van der Waals surface area contributed by atoms with Crippen LogP contribution in [-0.2, 0) is 11.3 Å². The largest absolute Gasteiger partial charge is 0.497 e. The van der Waals surface area contributed by atoms with Crippen molar-refractivity contribution in [1.82, 2.24) is 9.80 Å². The Morgan fingerprint density at radius 3 is 2.54 bits per heavy atom. The lowest BCUT2D eigenvalue weighted by Crippen LogP contribution is -2.45. The third kappa shape index (κ3) is 4.50. The van der Waals surface area contributed by atoms with Crippen LogP contribution in [0.5, 0.6) is 11.5 Å². The molecule has 1 atom stereocenters. The molecule has 0 N–H and O–H groups in total. The molecule has 0 saturated carbocycles. The van der Waals surface area contributed by atoms with Gasteiger partial charge in [-0.15, -0.1) is 0 Å². The molecule has 1 aromatic rings. The molecule has 144 valence electrons. The summed E-state index contributed by atoms with van der Waals surface area (Å²) in [7, 11) is 3.39.